The summed E-state index contributed by atoms with van der Waals surface area (Å²) < 4.78 is 18.5. The molecule has 42 heavy (non-hydrogen) atoms. The van der Waals surface area contributed by atoms with Gasteiger partial charge in [0.1, 0.15) is 6.79 Å². The first-order valence-electron chi connectivity index (χ1n) is 13.2. The number of aromatic nitrogens is 4. The van der Waals surface area contributed by atoms with Crippen LogP contribution in [0.2, 0.25) is 0 Å². The highest BCUT2D eigenvalue weighted by Crippen LogP contribution is 2.46. The first kappa shape index (κ1) is 28.7. The number of nitrogens with one attached hydrogen (secondary N) is 1. The van der Waals surface area contributed by atoms with Gasteiger partial charge in [0.15, 0.2) is 11.2 Å². The monoisotopic (exact) mass is 570 g/mol. The van der Waals surface area contributed by atoms with Gasteiger partial charge in [-0.1, -0.05) is 42.3 Å². The Balaban J connectivity index is 1.54. The van der Waals surface area contributed by atoms with Crippen LogP contribution in [-0.2, 0) is 14.3 Å². The first-order chi connectivity index (χ1) is 20.4. The minimum absolute atomic E-state index is 0.0137. The molecule has 2 aromatic carbocycles. The molecule has 5 rings (SSSR count). The molecule has 0 bridgehead atoms. The Kier molecular flexibility index (Phi) is 8.44. The predicted molar refractivity (Wildman–Crippen MR) is 154 cm³/mol. The molecule has 0 aliphatic heterocycles. The van der Waals surface area contributed by atoms with Gasteiger partial charge >= 0.3 is 6.09 Å². The number of carbonyl (C=O) groups is 2. The molecule has 0 radical (unpaired) electrons. The third-order valence-electron chi connectivity index (χ3n) is 7.13. The highest BCUT2D eigenvalue weighted by molar-refractivity contribution is 5.98. The number of hydrogen-bond acceptors (Lipinski definition) is 9. The SMILES string of the molecule is C#C[C@]1(CO)C[C@@H](n2cnc3c(OC(=O)N(c4ccccc4)c4ccccc4)nc(NC(C)=O)nc32)C[C@@H]1OCOC. The largest absolute Gasteiger partial charge is 0.425 e. The van der Waals surface area contributed by atoms with Crippen molar-refractivity contribution in [2.45, 2.75) is 31.9 Å². The lowest BCUT2D eigenvalue weighted by molar-refractivity contribution is -0.114. The molecular formula is C30H30N6O6. The highest BCUT2D eigenvalue weighted by Gasteiger charge is 2.48. The van der Waals surface area contributed by atoms with Crippen LogP contribution < -0.4 is 15.0 Å². The van der Waals surface area contributed by atoms with Gasteiger partial charge in [0, 0.05) is 20.1 Å². The number of nitrogens with zero attached hydrogens (tertiary/aromatic N) is 5. The summed E-state index contributed by atoms with van der Waals surface area (Å²) in [5.74, 6) is 2.10. The number of aliphatic hydroxyl groups is 1. The minimum atomic E-state index is -0.950. The molecule has 2 heterocycles. The van der Waals surface area contributed by atoms with Crippen LogP contribution in [0.4, 0.5) is 22.1 Å². The van der Waals surface area contributed by atoms with E-state index >= 15 is 0 Å². The van der Waals surface area contributed by atoms with Crippen LogP contribution >= 0.6 is 0 Å². The number of rotatable bonds is 9. The molecule has 2 N–H and O–H groups in total. The lowest BCUT2D eigenvalue weighted by Gasteiger charge is -2.27. The van der Waals surface area contributed by atoms with Crippen molar-refractivity contribution in [2.75, 3.05) is 30.7 Å². The summed E-state index contributed by atoms with van der Waals surface area (Å²) in [6, 6.07) is 17.8. The fourth-order valence-electron chi connectivity index (χ4n) is 5.15. The molecule has 0 saturated heterocycles. The van der Waals surface area contributed by atoms with Crippen molar-refractivity contribution in [1.29, 1.82) is 0 Å². The number of carbonyl (C=O) groups excluding carboxylic acids is 2. The van der Waals surface area contributed by atoms with E-state index in [1.165, 1.54) is 18.9 Å². The van der Waals surface area contributed by atoms with Crippen LogP contribution in [0, 0.1) is 17.8 Å². The Bertz CT molecular complexity index is 1570. The van der Waals surface area contributed by atoms with Crippen molar-refractivity contribution < 1.29 is 28.9 Å². The normalized spacial score (nSPS) is 19.8. The van der Waals surface area contributed by atoms with Gasteiger partial charge < -0.3 is 23.9 Å². The van der Waals surface area contributed by atoms with Gasteiger partial charge in [-0.2, -0.15) is 9.97 Å². The average Bonchev–Trinajstić information content (AvgIpc) is 3.59. The standard InChI is InChI=1S/C30H30N6O6/c1-4-30(17-37)16-23(15-24(30)41-19-40-3)35-18-31-25-26(35)33-28(32-20(2)38)34-27(25)42-29(39)36(21-11-7-5-8-12-21)22-13-9-6-10-14-22/h1,5-14,18,23-24,37H,15-17,19H2,2-3H3,(H,32,33,34,38)/t23-,24-,30+/m0/s1. The second-order valence-electron chi connectivity index (χ2n) is 9.85. The first-order valence-corrected chi connectivity index (χ1v) is 13.2. The fraction of sp³-hybridized carbons (Fsp3) is 0.300. The number of methoxy groups -OCH3 is 1. The van der Waals surface area contributed by atoms with Gasteiger partial charge in [-0.15, -0.1) is 6.42 Å². The van der Waals surface area contributed by atoms with E-state index in [0.717, 1.165) is 0 Å². The van der Waals surface area contributed by atoms with Crippen LogP contribution in [-0.4, -0.2) is 63.2 Å². The van der Waals surface area contributed by atoms with Gasteiger partial charge in [-0.05, 0) is 37.1 Å². The van der Waals surface area contributed by atoms with Crippen molar-refractivity contribution in [3.05, 3.63) is 67.0 Å². The Morgan fingerprint density at radius 3 is 2.38 bits per heavy atom. The van der Waals surface area contributed by atoms with Crippen LogP contribution in [0.1, 0.15) is 25.8 Å². The van der Waals surface area contributed by atoms with Gasteiger partial charge in [0.05, 0.1) is 35.8 Å². The highest BCUT2D eigenvalue weighted by atomic mass is 16.7. The number of benzene rings is 2. The fourth-order valence-corrected chi connectivity index (χ4v) is 5.15. The Hall–Kier alpha value is -4.83. The number of anilines is 3. The third-order valence-corrected chi connectivity index (χ3v) is 7.13. The van der Waals surface area contributed by atoms with E-state index in [9.17, 15) is 14.7 Å². The molecule has 0 unspecified atom stereocenters. The van der Waals surface area contributed by atoms with E-state index in [-0.39, 0.29) is 36.8 Å². The molecule has 2 amide bonds. The molecule has 1 aliphatic carbocycles. The predicted octanol–water partition coefficient (Wildman–Crippen LogP) is 4.06. The number of imidazole rings is 1. The number of para-hydroxylation sites is 2. The maximum atomic E-state index is 13.7. The van der Waals surface area contributed by atoms with E-state index in [1.54, 1.807) is 35.2 Å². The molecule has 2 aromatic heterocycles. The molecule has 0 spiro atoms. The Morgan fingerprint density at radius 1 is 1.14 bits per heavy atom. The van der Waals surface area contributed by atoms with Gasteiger partial charge in [0.2, 0.25) is 11.9 Å². The minimum Gasteiger partial charge on any atom is -0.395 e. The van der Waals surface area contributed by atoms with Crippen molar-refractivity contribution >= 4 is 40.5 Å². The Labute approximate surface area is 242 Å². The number of terminal acetylenes is 1. The maximum absolute atomic E-state index is 13.7. The van der Waals surface area contributed by atoms with Gasteiger partial charge in [0.25, 0.3) is 5.88 Å². The number of amides is 2. The zero-order chi connectivity index (χ0) is 29.7. The Morgan fingerprint density at radius 2 is 1.81 bits per heavy atom. The second-order valence-corrected chi connectivity index (χ2v) is 9.85. The molecule has 1 aliphatic rings. The lowest BCUT2D eigenvalue weighted by atomic mass is 9.86. The topological polar surface area (TPSA) is 141 Å². The molecule has 1 fully saturated rings. The van der Waals surface area contributed by atoms with Gasteiger partial charge in [-0.3, -0.25) is 10.1 Å². The number of ether oxygens (including phenoxy) is 3. The van der Waals surface area contributed by atoms with E-state index in [1.807, 2.05) is 36.4 Å². The summed E-state index contributed by atoms with van der Waals surface area (Å²) in [4.78, 5) is 40.3. The average molecular weight is 571 g/mol. The van der Waals surface area contributed by atoms with Crippen LogP contribution in [0.15, 0.2) is 67.0 Å². The zero-order valence-electron chi connectivity index (χ0n) is 23.1. The van der Waals surface area contributed by atoms with E-state index < -0.39 is 23.5 Å². The second kappa shape index (κ2) is 12.4. The number of fused-ring (bicyclic) bond motifs is 1. The number of hydrogen-bond donors (Lipinski definition) is 2. The molecule has 216 valence electrons. The van der Waals surface area contributed by atoms with Crippen LogP contribution in [0.3, 0.4) is 0 Å². The summed E-state index contributed by atoms with van der Waals surface area (Å²) in [5, 5.41) is 12.8. The van der Waals surface area contributed by atoms with E-state index in [0.29, 0.717) is 29.9 Å². The van der Waals surface area contributed by atoms with Crippen LogP contribution in [0.5, 0.6) is 5.88 Å². The summed E-state index contributed by atoms with van der Waals surface area (Å²) >= 11 is 0. The number of aliphatic hydroxyl groups excluding tert-OH is 1. The molecule has 3 atom stereocenters. The van der Waals surface area contributed by atoms with Crippen LogP contribution in [0.25, 0.3) is 11.2 Å². The smallest absolute Gasteiger partial charge is 0.395 e. The van der Waals surface area contributed by atoms with Crippen molar-refractivity contribution in [3.8, 4) is 18.2 Å². The maximum Gasteiger partial charge on any atom is 0.425 e. The van der Waals surface area contributed by atoms with Gasteiger partial charge in [-0.25, -0.2) is 14.7 Å². The summed E-state index contributed by atoms with van der Waals surface area (Å²) in [5.41, 5.74) is 0.719. The molecule has 12 nitrogen and oxygen atoms in total. The molecule has 1 saturated carbocycles. The zero-order valence-corrected chi connectivity index (χ0v) is 23.1. The molecule has 4 aromatic rings. The summed E-state index contributed by atoms with van der Waals surface area (Å²) in [6.07, 6.45) is 6.97. The van der Waals surface area contributed by atoms with Crippen molar-refractivity contribution in [2.24, 2.45) is 5.41 Å². The van der Waals surface area contributed by atoms with E-state index in [2.05, 4.69) is 26.2 Å². The van der Waals surface area contributed by atoms with E-state index in [4.69, 9.17) is 20.6 Å². The van der Waals surface area contributed by atoms with Crippen molar-refractivity contribution in [3.63, 3.8) is 0 Å². The molecule has 12 heteroatoms. The quantitative estimate of drug-likeness (QED) is 0.225. The van der Waals surface area contributed by atoms with Crippen molar-refractivity contribution in [1.82, 2.24) is 19.5 Å². The molecular weight excluding hydrogens is 540 g/mol. The lowest BCUT2D eigenvalue weighted by Crippen LogP contribution is -2.34. The third kappa shape index (κ3) is 5.66. The summed E-state index contributed by atoms with van der Waals surface area (Å²) in [6.45, 7) is 1.05. The summed E-state index contributed by atoms with van der Waals surface area (Å²) in [7, 11) is 1.51.